The molecule has 4 rings (SSSR count). The minimum Gasteiger partial charge on any atom is -0.497 e. The summed E-state index contributed by atoms with van der Waals surface area (Å²) < 4.78 is 7.39. The lowest BCUT2D eigenvalue weighted by Gasteiger charge is -2.26. The van der Waals surface area contributed by atoms with Crippen LogP contribution in [0.2, 0.25) is 5.02 Å². The monoisotopic (exact) mass is 423 g/mol. The van der Waals surface area contributed by atoms with Gasteiger partial charge in [-0.3, -0.25) is 4.99 Å². The van der Waals surface area contributed by atoms with E-state index in [9.17, 15) is 0 Å². The summed E-state index contributed by atoms with van der Waals surface area (Å²) in [7, 11) is 1.68. The van der Waals surface area contributed by atoms with Crippen LogP contribution in [-0.2, 0) is 6.42 Å². The minimum absolute atomic E-state index is 0.0866. The van der Waals surface area contributed by atoms with Crippen LogP contribution in [0.3, 0.4) is 0 Å². The van der Waals surface area contributed by atoms with Crippen molar-refractivity contribution in [1.82, 2.24) is 4.41 Å². The summed E-state index contributed by atoms with van der Waals surface area (Å²) in [5.41, 5.74) is 8.86. The molecule has 1 heterocycles. The Morgan fingerprint density at radius 1 is 1.03 bits per heavy atom. The maximum Gasteiger partial charge on any atom is 0.135 e. The van der Waals surface area contributed by atoms with Gasteiger partial charge >= 0.3 is 0 Å². The molecule has 1 N–H and O–H groups in total. The predicted octanol–water partition coefficient (Wildman–Crippen LogP) is 5.68. The van der Waals surface area contributed by atoms with Crippen LogP contribution in [0.4, 0.5) is 5.69 Å². The summed E-state index contributed by atoms with van der Waals surface area (Å²) in [6.45, 7) is 0. The standard InChI is InChI=1S/C23H22ClN3OS/c1-28-19-13-7-16(8-14-19)15-22-25-23(17-9-11-18(24)12-10-17)20-5-3-4-6-21(20)26-27(22)29-2/h3-14,22,26H,15H2,1-2H3. The Hall–Kier alpha value is -2.47. The normalized spacial score (nSPS) is 16.4. The van der Waals surface area contributed by atoms with Gasteiger partial charge in [-0.2, -0.15) is 0 Å². The first-order valence-corrected chi connectivity index (χ1v) is 10.9. The molecule has 148 valence electrons. The van der Waals surface area contributed by atoms with Gasteiger partial charge in [0.25, 0.3) is 0 Å². The molecule has 0 saturated heterocycles. The molecule has 4 nitrogen and oxygen atoms in total. The number of rotatable bonds is 5. The molecule has 3 aromatic carbocycles. The lowest BCUT2D eigenvalue weighted by molar-refractivity contribution is 0.411. The van der Waals surface area contributed by atoms with Gasteiger partial charge in [0, 0.05) is 22.6 Å². The fourth-order valence-electron chi connectivity index (χ4n) is 3.36. The number of nitrogens with zero attached hydrogens (tertiary/aromatic N) is 2. The smallest absolute Gasteiger partial charge is 0.135 e. The van der Waals surface area contributed by atoms with E-state index >= 15 is 0 Å². The Kier molecular flexibility index (Phi) is 6.09. The quantitative estimate of drug-likeness (QED) is 0.536. The SMILES string of the molecule is COc1ccc(CC2N=C(c3ccc(Cl)cc3)c3ccccc3NN2SC)cc1. The maximum absolute atomic E-state index is 6.12. The van der Waals surface area contributed by atoms with Crippen LogP contribution in [-0.4, -0.2) is 29.7 Å². The maximum atomic E-state index is 6.12. The molecule has 0 aromatic heterocycles. The Balaban J connectivity index is 1.76. The summed E-state index contributed by atoms with van der Waals surface area (Å²) in [4.78, 5) is 5.19. The number of ether oxygens (including phenoxy) is 1. The van der Waals surface area contributed by atoms with E-state index < -0.39 is 0 Å². The molecule has 0 fully saturated rings. The number of benzene rings is 3. The van der Waals surface area contributed by atoms with Crippen molar-refractivity contribution in [3.8, 4) is 5.75 Å². The minimum atomic E-state index is -0.0866. The lowest BCUT2D eigenvalue weighted by atomic mass is 10.0. The second kappa shape index (κ2) is 8.91. The van der Waals surface area contributed by atoms with Crippen LogP contribution < -0.4 is 10.2 Å². The third kappa shape index (κ3) is 4.42. The first-order chi connectivity index (χ1) is 14.2. The summed E-state index contributed by atoms with van der Waals surface area (Å²) in [6, 6.07) is 24.3. The van der Waals surface area contributed by atoms with Crippen molar-refractivity contribution in [1.29, 1.82) is 0 Å². The van der Waals surface area contributed by atoms with Crippen molar-refractivity contribution >= 4 is 34.9 Å². The number of halogens is 1. The topological polar surface area (TPSA) is 36.9 Å². The number of fused-ring (bicyclic) bond motifs is 1. The number of para-hydroxylation sites is 1. The number of hydrazine groups is 1. The van der Waals surface area contributed by atoms with E-state index in [4.69, 9.17) is 21.3 Å². The third-order valence-corrected chi connectivity index (χ3v) is 5.83. The molecular weight excluding hydrogens is 402 g/mol. The van der Waals surface area contributed by atoms with Crippen LogP contribution in [0.25, 0.3) is 0 Å². The molecule has 0 saturated carbocycles. The number of aliphatic imine (C=N–C) groups is 1. The Bertz CT molecular complexity index is 1010. The molecule has 29 heavy (non-hydrogen) atoms. The van der Waals surface area contributed by atoms with Crippen LogP contribution in [0.1, 0.15) is 16.7 Å². The molecule has 3 aromatic rings. The summed E-state index contributed by atoms with van der Waals surface area (Å²) in [5, 5.41) is 0.718. The fourth-order valence-corrected chi connectivity index (χ4v) is 4.04. The molecule has 1 unspecified atom stereocenters. The highest BCUT2D eigenvalue weighted by Gasteiger charge is 2.25. The molecule has 1 aliphatic rings. The van der Waals surface area contributed by atoms with Gasteiger partial charge in [0.1, 0.15) is 11.9 Å². The van der Waals surface area contributed by atoms with Gasteiger partial charge < -0.3 is 10.2 Å². The Labute approximate surface area is 180 Å². The van der Waals surface area contributed by atoms with Gasteiger partial charge in [-0.05, 0) is 42.2 Å². The molecule has 0 amide bonds. The Morgan fingerprint density at radius 3 is 2.45 bits per heavy atom. The Morgan fingerprint density at radius 2 is 1.76 bits per heavy atom. The highest BCUT2D eigenvalue weighted by molar-refractivity contribution is 7.96. The molecular formula is C23H22ClN3OS. The van der Waals surface area contributed by atoms with Crippen LogP contribution >= 0.6 is 23.5 Å². The number of nitrogens with one attached hydrogen (secondary N) is 1. The number of anilines is 1. The average molecular weight is 424 g/mol. The molecule has 0 aliphatic carbocycles. The predicted molar refractivity (Wildman–Crippen MR) is 123 cm³/mol. The highest BCUT2D eigenvalue weighted by atomic mass is 35.5. The lowest BCUT2D eigenvalue weighted by Crippen LogP contribution is -2.33. The average Bonchev–Trinajstić information content (AvgIpc) is 2.92. The van der Waals surface area contributed by atoms with Crippen molar-refractivity contribution in [3.05, 3.63) is 94.5 Å². The van der Waals surface area contributed by atoms with Crippen molar-refractivity contribution in [2.75, 3.05) is 18.8 Å². The van der Waals surface area contributed by atoms with Crippen molar-refractivity contribution in [2.24, 2.45) is 4.99 Å². The van der Waals surface area contributed by atoms with E-state index in [0.717, 1.165) is 39.7 Å². The molecule has 6 heteroatoms. The summed E-state index contributed by atoms with van der Waals surface area (Å²) in [5.74, 6) is 0.854. The van der Waals surface area contributed by atoms with Gasteiger partial charge in [0.2, 0.25) is 0 Å². The molecule has 1 aliphatic heterocycles. The summed E-state index contributed by atoms with van der Waals surface area (Å²) in [6.07, 6.45) is 2.74. The van der Waals surface area contributed by atoms with E-state index in [-0.39, 0.29) is 6.17 Å². The van der Waals surface area contributed by atoms with Crippen molar-refractivity contribution in [3.63, 3.8) is 0 Å². The zero-order valence-corrected chi connectivity index (χ0v) is 17.9. The summed E-state index contributed by atoms with van der Waals surface area (Å²) >= 11 is 7.74. The first-order valence-electron chi connectivity index (χ1n) is 9.34. The van der Waals surface area contributed by atoms with E-state index in [0.29, 0.717) is 0 Å². The largest absolute Gasteiger partial charge is 0.497 e. The van der Waals surface area contributed by atoms with Crippen LogP contribution in [0, 0.1) is 0 Å². The van der Waals surface area contributed by atoms with Gasteiger partial charge in [0.05, 0.1) is 18.5 Å². The van der Waals surface area contributed by atoms with E-state index in [2.05, 4.69) is 40.4 Å². The zero-order chi connectivity index (χ0) is 20.2. The van der Waals surface area contributed by atoms with E-state index in [1.165, 1.54) is 5.56 Å². The van der Waals surface area contributed by atoms with Gasteiger partial charge in [-0.25, -0.2) is 0 Å². The number of methoxy groups -OCH3 is 1. The number of hydrogen-bond acceptors (Lipinski definition) is 5. The van der Waals surface area contributed by atoms with Gasteiger partial charge in [-0.15, -0.1) is 4.41 Å². The third-order valence-electron chi connectivity index (χ3n) is 4.85. The van der Waals surface area contributed by atoms with Gasteiger partial charge in [0.15, 0.2) is 0 Å². The van der Waals surface area contributed by atoms with Crippen LogP contribution in [0.5, 0.6) is 5.75 Å². The van der Waals surface area contributed by atoms with Crippen LogP contribution in [0.15, 0.2) is 77.8 Å². The second-order valence-corrected chi connectivity index (χ2v) is 7.88. The highest BCUT2D eigenvalue weighted by Crippen LogP contribution is 2.29. The molecule has 0 spiro atoms. The van der Waals surface area contributed by atoms with E-state index in [1.54, 1.807) is 19.1 Å². The van der Waals surface area contributed by atoms with Crippen molar-refractivity contribution < 1.29 is 4.74 Å². The van der Waals surface area contributed by atoms with Crippen molar-refractivity contribution in [2.45, 2.75) is 12.6 Å². The number of hydrogen-bond donors (Lipinski definition) is 1. The van der Waals surface area contributed by atoms with E-state index in [1.807, 2.05) is 48.5 Å². The molecule has 0 radical (unpaired) electrons. The molecule has 1 atom stereocenters. The zero-order valence-electron chi connectivity index (χ0n) is 16.3. The van der Waals surface area contributed by atoms with Gasteiger partial charge in [-0.1, -0.05) is 66.0 Å². The second-order valence-electron chi connectivity index (χ2n) is 6.68. The molecule has 0 bridgehead atoms. The fraction of sp³-hybridized carbons (Fsp3) is 0.174. The first kappa shape index (κ1) is 19.8.